The largest absolute Gasteiger partial charge is 0.303 e. The molecule has 124 valence electrons. The Labute approximate surface area is 152 Å². The summed E-state index contributed by atoms with van der Waals surface area (Å²) in [5, 5.41) is 2.20. The van der Waals surface area contributed by atoms with E-state index in [1.807, 2.05) is 53.4 Å². The molecule has 0 bridgehead atoms. The SMILES string of the molecule is O=C1c2cccc3c(-c4ccccc4)ccc(c23)N1Cc1ccccc1. The van der Waals surface area contributed by atoms with Crippen LogP contribution >= 0.6 is 0 Å². The van der Waals surface area contributed by atoms with Gasteiger partial charge in [0.2, 0.25) is 0 Å². The van der Waals surface area contributed by atoms with Gasteiger partial charge in [-0.25, -0.2) is 0 Å². The van der Waals surface area contributed by atoms with Crippen molar-refractivity contribution in [1.82, 2.24) is 0 Å². The van der Waals surface area contributed by atoms with E-state index in [0.717, 1.165) is 27.6 Å². The van der Waals surface area contributed by atoms with Gasteiger partial charge in [0.15, 0.2) is 0 Å². The highest BCUT2D eigenvalue weighted by Crippen LogP contribution is 2.42. The molecule has 0 N–H and O–H groups in total. The summed E-state index contributed by atoms with van der Waals surface area (Å²) < 4.78 is 0. The zero-order valence-electron chi connectivity index (χ0n) is 14.2. The number of benzene rings is 4. The number of amides is 1. The van der Waals surface area contributed by atoms with Gasteiger partial charge in [-0.1, -0.05) is 78.9 Å². The van der Waals surface area contributed by atoms with Crippen LogP contribution in [-0.4, -0.2) is 5.91 Å². The highest BCUT2D eigenvalue weighted by atomic mass is 16.2. The van der Waals surface area contributed by atoms with E-state index in [0.29, 0.717) is 6.54 Å². The Bertz CT molecular complexity index is 1120. The molecule has 5 rings (SSSR count). The maximum Gasteiger partial charge on any atom is 0.259 e. The Hall–Kier alpha value is -3.39. The van der Waals surface area contributed by atoms with Crippen LogP contribution in [0.3, 0.4) is 0 Å². The molecule has 2 heteroatoms. The second kappa shape index (κ2) is 5.85. The molecule has 0 aromatic heterocycles. The van der Waals surface area contributed by atoms with Gasteiger partial charge in [0.25, 0.3) is 5.91 Å². The monoisotopic (exact) mass is 335 g/mol. The zero-order valence-corrected chi connectivity index (χ0v) is 14.2. The highest BCUT2D eigenvalue weighted by Gasteiger charge is 2.30. The summed E-state index contributed by atoms with van der Waals surface area (Å²) in [6.45, 7) is 0.591. The molecule has 0 radical (unpaired) electrons. The van der Waals surface area contributed by atoms with Crippen LogP contribution in [0.2, 0.25) is 0 Å². The maximum absolute atomic E-state index is 13.1. The number of rotatable bonds is 3. The molecular weight excluding hydrogens is 318 g/mol. The lowest BCUT2D eigenvalue weighted by Gasteiger charge is -2.18. The van der Waals surface area contributed by atoms with Gasteiger partial charge in [0, 0.05) is 10.9 Å². The van der Waals surface area contributed by atoms with Crippen molar-refractivity contribution in [2.75, 3.05) is 4.90 Å². The maximum atomic E-state index is 13.1. The molecular formula is C24H17NO. The van der Waals surface area contributed by atoms with Gasteiger partial charge in [-0.15, -0.1) is 0 Å². The molecule has 0 fully saturated rings. The minimum atomic E-state index is 0.0830. The Morgan fingerprint density at radius 3 is 2.15 bits per heavy atom. The first kappa shape index (κ1) is 14.9. The summed E-state index contributed by atoms with van der Waals surface area (Å²) in [6.07, 6.45) is 0. The number of nitrogens with zero attached hydrogens (tertiary/aromatic N) is 1. The van der Waals surface area contributed by atoms with Gasteiger partial charge in [0.05, 0.1) is 12.2 Å². The normalized spacial score (nSPS) is 12.8. The molecule has 1 aliphatic rings. The van der Waals surface area contributed by atoms with Crippen molar-refractivity contribution < 1.29 is 4.79 Å². The van der Waals surface area contributed by atoms with Gasteiger partial charge >= 0.3 is 0 Å². The average Bonchev–Trinajstić information content (AvgIpc) is 2.97. The lowest BCUT2D eigenvalue weighted by molar-refractivity contribution is 0.0991. The van der Waals surface area contributed by atoms with Crippen LogP contribution in [0.4, 0.5) is 5.69 Å². The number of hydrogen-bond donors (Lipinski definition) is 0. The van der Waals surface area contributed by atoms with Gasteiger partial charge in [0.1, 0.15) is 0 Å². The topological polar surface area (TPSA) is 20.3 Å². The summed E-state index contributed by atoms with van der Waals surface area (Å²) in [4.78, 5) is 14.9. The molecule has 26 heavy (non-hydrogen) atoms. The van der Waals surface area contributed by atoms with E-state index in [9.17, 15) is 4.79 Å². The van der Waals surface area contributed by atoms with Gasteiger partial charge in [-0.05, 0) is 34.2 Å². The van der Waals surface area contributed by atoms with Gasteiger partial charge in [-0.3, -0.25) is 4.79 Å². The first-order valence-electron chi connectivity index (χ1n) is 8.80. The summed E-state index contributed by atoms with van der Waals surface area (Å²) in [6, 6.07) is 30.7. The summed E-state index contributed by atoms with van der Waals surface area (Å²) in [5.74, 6) is 0.0830. The van der Waals surface area contributed by atoms with Crippen LogP contribution in [0.25, 0.3) is 21.9 Å². The molecule has 0 aliphatic carbocycles. The van der Waals surface area contributed by atoms with E-state index in [1.54, 1.807) is 0 Å². The number of carbonyl (C=O) groups is 1. The predicted molar refractivity (Wildman–Crippen MR) is 106 cm³/mol. The fraction of sp³-hybridized carbons (Fsp3) is 0.0417. The molecule has 1 aliphatic heterocycles. The molecule has 0 saturated heterocycles. The highest BCUT2D eigenvalue weighted by molar-refractivity contribution is 6.26. The molecule has 1 heterocycles. The first-order valence-corrected chi connectivity index (χ1v) is 8.80. The van der Waals surface area contributed by atoms with E-state index < -0.39 is 0 Å². The van der Waals surface area contributed by atoms with Crippen LogP contribution < -0.4 is 4.90 Å². The third-order valence-electron chi connectivity index (χ3n) is 5.05. The average molecular weight is 335 g/mol. The molecule has 2 nitrogen and oxygen atoms in total. The Balaban J connectivity index is 1.69. The number of hydrogen-bond acceptors (Lipinski definition) is 1. The Morgan fingerprint density at radius 2 is 1.38 bits per heavy atom. The fourth-order valence-electron chi connectivity index (χ4n) is 3.84. The van der Waals surface area contributed by atoms with Crippen LogP contribution in [0.15, 0.2) is 91.0 Å². The third-order valence-corrected chi connectivity index (χ3v) is 5.05. The summed E-state index contributed by atoms with van der Waals surface area (Å²) >= 11 is 0. The predicted octanol–water partition coefficient (Wildman–Crippen LogP) is 5.67. The fourth-order valence-corrected chi connectivity index (χ4v) is 3.84. The minimum Gasteiger partial charge on any atom is -0.303 e. The Morgan fingerprint density at radius 1 is 0.654 bits per heavy atom. The van der Waals surface area contributed by atoms with E-state index >= 15 is 0 Å². The van der Waals surface area contributed by atoms with Crippen molar-refractivity contribution in [1.29, 1.82) is 0 Å². The van der Waals surface area contributed by atoms with Crippen LogP contribution in [0.5, 0.6) is 0 Å². The third kappa shape index (κ3) is 2.23. The molecule has 4 aromatic carbocycles. The summed E-state index contributed by atoms with van der Waals surface area (Å²) in [5.41, 5.74) is 5.27. The minimum absolute atomic E-state index is 0.0830. The standard InChI is InChI=1S/C24H17NO/c26-24-21-13-7-12-20-19(18-10-5-2-6-11-18)14-15-22(23(20)21)25(24)16-17-8-3-1-4-9-17/h1-15H,16H2. The van der Waals surface area contributed by atoms with Crippen molar-refractivity contribution in [3.63, 3.8) is 0 Å². The first-order chi connectivity index (χ1) is 12.8. The van der Waals surface area contributed by atoms with Gasteiger partial charge < -0.3 is 4.90 Å². The number of anilines is 1. The second-order valence-corrected chi connectivity index (χ2v) is 6.60. The molecule has 1 amide bonds. The van der Waals surface area contributed by atoms with Crippen LogP contribution in [0.1, 0.15) is 15.9 Å². The van der Waals surface area contributed by atoms with Crippen molar-refractivity contribution in [3.05, 3.63) is 102 Å². The van der Waals surface area contributed by atoms with Crippen LogP contribution in [0, 0.1) is 0 Å². The Kier molecular flexibility index (Phi) is 3.36. The lowest BCUT2D eigenvalue weighted by Crippen LogP contribution is -2.25. The quantitative estimate of drug-likeness (QED) is 0.472. The van der Waals surface area contributed by atoms with Crippen molar-refractivity contribution in [2.24, 2.45) is 0 Å². The molecule has 0 saturated carbocycles. The van der Waals surface area contributed by atoms with E-state index in [4.69, 9.17) is 0 Å². The zero-order chi connectivity index (χ0) is 17.5. The molecule has 0 spiro atoms. The van der Waals surface area contributed by atoms with Crippen molar-refractivity contribution >= 4 is 22.4 Å². The van der Waals surface area contributed by atoms with Crippen molar-refractivity contribution in [2.45, 2.75) is 6.54 Å². The number of carbonyl (C=O) groups excluding carboxylic acids is 1. The van der Waals surface area contributed by atoms with Gasteiger partial charge in [-0.2, -0.15) is 0 Å². The van der Waals surface area contributed by atoms with E-state index in [-0.39, 0.29) is 5.91 Å². The van der Waals surface area contributed by atoms with E-state index in [2.05, 4.69) is 42.5 Å². The molecule has 4 aromatic rings. The second-order valence-electron chi connectivity index (χ2n) is 6.60. The summed E-state index contributed by atoms with van der Waals surface area (Å²) in [7, 11) is 0. The lowest BCUT2D eigenvalue weighted by atomic mass is 9.96. The molecule has 0 atom stereocenters. The smallest absolute Gasteiger partial charge is 0.259 e. The van der Waals surface area contributed by atoms with Crippen LogP contribution in [-0.2, 0) is 6.54 Å². The van der Waals surface area contributed by atoms with E-state index in [1.165, 1.54) is 11.1 Å². The van der Waals surface area contributed by atoms with Crippen molar-refractivity contribution in [3.8, 4) is 11.1 Å². The molecule has 0 unspecified atom stereocenters.